The number of halogens is 1. The molecule has 0 bridgehead atoms. The van der Waals surface area contributed by atoms with Gasteiger partial charge in [-0.3, -0.25) is 0 Å². The number of aryl methyl sites for hydroxylation is 2. The number of hydrogen-bond acceptors (Lipinski definition) is 2. The molecule has 0 aliphatic heterocycles. The van der Waals surface area contributed by atoms with Crippen molar-refractivity contribution in [3.63, 3.8) is 0 Å². The molecular weight excluding hydrogens is 232 g/mol. The highest BCUT2D eigenvalue weighted by Crippen LogP contribution is 2.32. The maximum absolute atomic E-state index is 11.0. The fourth-order valence-corrected chi connectivity index (χ4v) is 1.73. The monoisotopic (exact) mass is 242 g/mol. The molecule has 16 heavy (non-hydrogen) atoms. The molecule has 0 aromatic heterocycles. The zero-order chi connectivity index (χ0) is 12.5. The number of carboxylic acid groups (broad SMARTS) is 2. The van der Waals surface area contributed by atoms with E-state index >= 15 is 0 Å². The van der Waals surface area contributed by atoms with Crippen molar-refractivity contribution in [2.45, 2.75) is 18.7 Å². The SMILES string of the molecule is Cc1ccc(C(Cl)(C(=O)O)C(=O)O)c(C)c1. The zero-order valence-corrected chi connectivity index (χ0v) is 9.58. The smallest absolute Gasteiger partial charge is 0.341 e. The molecule has 4 nitrogen and oxygen atoms in total. The van der Waals surface area contributed by atoms with Crippen LogP contribution in [0.4, 0.5) is 0 Å². The van der Waals surface area contributed by atoms with Crippen molar-refractivity contribution in [1.82, 2.24) is 0 Å². The lowest BCUT2D eigenvalue weighted by atomic mass is 9.93. The minimum Gasteiger partial charge on any atom is -0.479 e. The average Bonchev–Trinajstić information content (AvgIpc) is 2.15. The number of alkyl halides is 1. The van der Waals surface area contributed by atoms with E-state index < -0.39 is 16.8 Å². The second-order valence-corrected chi connectivity index (χ2v) is 4.15. The molecule has 0 atom stereocenters. The Labute approximate surface area is 97.5 Å². The molecule has 0 saturated carbocycles. The Hall–Kier alpha value is -1.55. The molecule has 0 spiro atoms. The number of rotatable bonds is 3. The first kappa shape index (κ1) is 12.5. The van der Waals surface area contributed by atoms with E-state index in [0.29, 0.717) is 5.56 Å². The second kappa shape index (κ2) is 4.14. The van der Waals surface area contributed by atoms with E-state index in [1.54, 1.807) is 19.1 Å². The van der Waals surface area contributed by atoms with Gasteiger partial charge in [0.05, 0.1) is 0 Å². The van der Waals surface area contributed by atoms with Gasteiger partial charge in [0, 0.05) is 0 Å². The summed E-state index contributed by atoms with van der Waals surface area (Å²) in [7, 11) is 0. The van der Waals surface area contributed by atoms with Crippen molar-refractivity contribution in [2.75, 3.05) is 0 Å². The first-order valence-corrected chi connectivity index (χ1v) is 4.91. The van der Waals surface area contributed by atoms with E-state index in [0.717, 1.165) is 5.56 Å². The van der Waals surface area contributed by atoms with E-state index in [1.165, 1.54) is 6.07 Å². The molecule has 2 N–H and O–H groups in total. The average molecular weight is 243 g/mol. The Kier molecular flexibility index (Phi) is 3.24. The predicted molar refractivity (Wildman–Crippen MR) is 58.7 cm³/mol. The number of benzene rings is 1. The van der Waals surface area contributed by atoms with Gasteiger partial charge in [-0.1, -0.05) is 35.4 Å². The summed E-state index contributed by atoms with van der Waals surface area (Å²) in [6.45, 7) is 3.46. The summed E-state index contributed by atoms with van der Waals surface area (Å²) in [4.78, 5) is 19.6. The van der Waals surface area contributed by atoms with Crippen molar-refractivity contribution >= 4 is 23.5 Å². The van der Waals surface area contributed by atoms with Crippen LogP contribution in [0, 0.1) is 13.8 Å². The van der Waals surface area contributed by atoms with Crippen molar-refractivity contribution in [2.24, 2.45) is 0 Å². The normalized spacial score (nSPS) is 11.2. The largest absolute Gasteiger partial charge is 0.479 e. The molecule has 5 heteroatoms. The lowest BCUT2D eigenvalue weighted by Gasteiger charge is -2.20. The van der Waals surface area contributed by atoms with Crippen molar-refractivity contribution in [3.05, 3.63) is 34.9 Å². The third kappa shape index (κ3) is 1.88. The summed E-state index contributed by atoms with van der Waals surface area (Å²) in [5.74, 6) is -3.18. The molecule has 0 saturated heterocycles. The van der Waals surface area contributed by atoms with Crippen LogP contribution in [0.1, 0.15) is 16.7 Å². The summed E-state index contributed by atoms with van der Waals surface area (Å²) < 4.78 is 0. The summed E-state index contributed by atoms with van der Waals surface area (Å²) in [6.07, 6.45) is 0. The minimum atomic E-state index is -2.42. The first-order valence-electron chi connectivity index (χ1n) is 4.53. The molecule has 1 rings (SSSR count). The van der Waals surface area contributed by atoms with Gasteiger partial charge in [-0.05, 0) is 25.0 Å². The van der Waals surface area contributed by atoms with Gasteiger partial charge in [-0.25, -0.2) is 9.59 Å². The maximum Gasteiger partial charge on any atom is 0.341 e. The zero-order valence-electron chi connectivity index (χ0n) is 8.82. The summed E-state index contributed by atoms with van der Waals surface area (Å²) >= 11 is 5.69. The minimum absolute atomic E-state index is 0.0831. The number of aliphatic carboxylic acids is 2. The molecular formula is C11H11ClO4. The van der Waals surface area contributed by atoms with Crippen LogP contribution in [0.2, 0.25) is 0 Å². The molecule has 0 aliphatic rings. The van der Waals surface area contributed by atoms with Crippen LogP contribution in [-0.4, -0.2) is 22.2 Å². The molecule has 0 heterocycles. The van der Waals surface area contributed by atoms with Crippen molar-refractivity contribution < 1.29 is 19.8 Å². The van der Waals surface area contributed by atoms with Gasteiger partial charge in [0.15, 0.2) is 0 Å². The topological polar surface area (TPSA) is 74.6 Å². The maximum atomic E-state index is 11.0. The molecule has 1 aromatic rings. The van der Waals surface area contributed by atoms with E-state index in [-0.39, 0.29) is 5.56 Å². The van der Waals surface area contributed by atoms with Crippen LogP contribution in [0.15, 0.2) is 18.2 Å². The Morgan fingerprint density at radius 1 is 1.19 bits per heavy atom. The van der Waals surface area contributed by atoms with E-state index in [2.05, 4.69) is 0 Å². The fourth-order valence-electron chi connectivity index (χ4n) is 1.52. The van der Waals surface area contributed by atoms with Gasteiger partial charge in [-0.15, -0.1) is 0 Å². The van der Waals surface area contributed by atoms with Gasteiger partial charge in [-0.2, -0.15) is 0 Å². The predicted octanol–water partition coefficient (Wildman–Crippen LogP) is 1.91. The second-order valence-electron chi connectivity index (χ2n) is 3.59. The summed E-state index contributed by atoms with van der Waals surface area (Å²) in [5.41, 5.74) is 1.54. The Bertz CT molecular complexity index is 439. The third-order valence-electron chi connectivity index (χ3n) is 2.34. The molecule has 0 unspecified atom stereocenters. The summed E-state index contributed by atoms with van der Waals surface area (Å²) in [5, 5.41) is 17.9. The Morgan fingerprint density at radius 2 is 1.69 bits per heavy atom. The van der Waals surface area contributed by atoms with Crippen LogP contribution in [-0.2, 0) is 14.5 Å². The molecule has 86 valence electrons. The van der Waals surface area contributed by atoms with E-state index in [1.807, 2.05) is 6.92 Å². The van der Waals surface area contributed by atoms with E-state index in [4.69, 9.17) is 21.8 Å². The summed E-state index contributed by atoms with van der Waals surface area (Å²) in [6, 6.07) is 4.75. The highest BCUT2D eigenvalue weighted by atomic mass is 35.5. The van der Waals surface area contributed by atoms with Crippen molar-refractivity contribution in [3.8, 4) is 0 Å². The van der Waals surface area contributed by atoms with Crippen LogP contribution < -0.4 is 0 Å². The van der Waals surface area contributed by atoms with Gasteiger partial charge >= 0.3 is 11.9 Å². The third-order valence-corrected chi connectivity index (χ3v) is 2.87. The lowest BCUT2D eigenvalue weighted by Crippen LogP contribution is -2.38. The standard InChI is InChI=1S/C11H11ClO4/c1-6-3-4-8(7(2)5-6)11(12,9(13)14)10(15)16/h3-5H,1-2H3,(H,13,14)(H,15,16). The lowest BCUT2D eigenvalue weighted by molar-refractivity contribution is -0.152. The van der Waals surface area contributed by atoms with Crippen LogP contribution >= 0.6 is 11.6 Å². The quantitative estimate of drug-likeness (QED) is 0.627. The molecule has 0 aliphatic carbocycles. The van der Waals surface area contributed by atoms with Crippen LogP contribution in [0.25, 0.3) is 0 Å². The van der Waals surface area contributed by atoms with Gasteiger partial charge in [0.2, 0.25) is 0 Å². The number of hydrogen-bond donors (Lipinski definition) is 2. The van der Waals surface area contributed by atoms with Crippen molar-refractivity contribution in [1.29, 1.82) is 0 Å². The van der Waals surface area contributed by atoms with E-state index in [9.17, 15) is 9.59 Å². The molecule has 0 fully saturated rings. The fraction of sp³-hybridized carbons (Fsp3) is 0.273. The highest BCUT2D eigenvalue weighted by molar-refractivity contribution is 6.43. The highest BCUT2D eigenvalue weighted by Gasteiger charge is 2.47. The molecule has 1 aromatic carbocycles. The van der Waals surface area contributed by atoms with Crippen LogP contribution in [0.3, 0.4) is 0 Å². The van der Waals surface area contributed by atoms with Gasteiger partial charge in [0.25, 0.3) is 4.87 Å². The molecule has 0 amide bonds. The number of carboxylic acids is 2. The number of carbonyl (C=O) groups is 2. The van der Waals surface area contributed by atoms with Crippen LogP contribution in [0.5, 0.6) is 0 Å². The first-order chi connectivity index (χ1) is 7.30. The Balaban J connectivity index is 3.44. The van der Waals surface area contributed by atoms with Gasteiger partial charge < -0.3 is 10.2 Å². The van der Waals surface area contributed by atoms with Gasteiger partial charge in [0.1, 0.15) is 0 Å². The Morgan fingerprint density at radius 3 is 2.06 bits per heavy atom. The molecule has 0 radical (unpaired) electrons.